The number of ether oxygens (including phenoxy) is 2. The maximum Gasteiger partial charge on any atom is 0.338 e. The van der Waals surface area contributed by atoms with Gasteiger partial charge in [-0.2, -0.15) is 0 Å². The second kappa shape index (κ2) is 7.96. The van der Waals surface area contributed by atoms with Gasteiger partial charge >= 0.3 is 11.9 Å². The average Bonchev–Trinajstić information content (AvgIpc) is 3.60. The minimum atomic E-state index is -0.307. The molecule has 2 aromatic carbocycles. The van der Waals surface area contributed by atoms with E-state index in [1.807, 2.05) is 48.5 Å². The fourth-order valence-corrected chi connectivity index (χ4v) is 7.50. The second-order valence-electron chi connectivity index (χ2n) is 11.7. The van der Waals surface area contributed by atoms with Gasteiger partial charge in [-0.25, -0.2) is 9.59 Å². The molecule has 4 fully saturated rings. The maximum absolute atomic E-state index is 12.8. The van der Waals surface area contributed by atoms with Crippen LogP contribution < -0.4 is 0 Å². The lowest BCUT2D eigenvalue weighted by atomic mass is 9.85. The normalized spacial score (nSPS) is 35.5. The van der Waals surface area contributed by atoms with Crippen LogP contribution in [0, 0.1) is 23.7 Å². The molecule has 6 atom stereocenters. The summed E-state index contributed by atoms with van der Waals surface area (Å²) in [5.74, 6) is 2.01. The van der Waals surface area contributed by atoms with Crippen molar-refractivity contribution in [1.29, 1.82) is 0 Å². The largest absolute Gasteiger partial charge is 0.455 e. The van der Waals surface area contributed by atoms with Crippen molar-refractivity contribution in [2.75, 3.05) is 0 Å². The first-order valence-electron chi connectivity index (χ1n) is 13.0. The van der Waals surface area contributed by atoms with Gasteiger partial charge in [-0.15, -0.1) is 0 Å². The first-order chi connectivity index (χ1) is 16.3. The lowest BCUT2D eigenvalue weighted by Gasteiger charge is -2.33. The van der Waals surface area contributed by atoms with Crippen molar-refractivity contribution in [3.05, 3.63) is 59.7 Å². The molecule has 4 aliphatic rings. The highest BCUT2D eigenvalue weighted by atomic mass is 16.6. The SMILES string of the molecule is C[C@]1(OC(=O)c2ccc(-c3ccc(C(=O)O[C@@]4(C)C[C@@H]5CC[C@H]4C5)cc3)cc2)C[C@@H]2CC[C@H]1C2. The molecule has 4 saturated carbocycles. The molecule has 178 valence electrons. The standard InChI is InChI=1S/C30H34O4/c1-29(17-19-3-13-25(29)15-19)33-27(31)23-9-5-21(6-10-23)22-7-11-24(12-8-22)28(32)34-30(2)18-20-4-14-26(30)16-20/h5-12,19-20,25-26H,3-4,13-18H2,1-2H3/t19-,20-,25+,26+,29+,30+/m1/s1. The van der Waals surface area contributed by atoms with Crippen LogP contribution >= 0.6 is 0 Å². The van der Waals surface area contributed by atoms with Gasteiger partial charge in [0.15, 0.2) is 0 Å². The molecule has 0 unspecified atom stereocenters. The molecule has 0 aliphatic heterocycles. The molecule has 0 N–H and O–H groups in total. The van der Waals surface area contributed by atoms with Gasteiger partial charge in [-0.1, -0.05) is 24.3 Å². The van der Waals surface area contributed by atoms with Crippen LogP contribution in [0.5, 0.6) is 0 Å². The van der Waals surface area contributed by atoms with Gasteiger partial charge < -0.3 is 9.47 Å². The van der Waals surface area contributed by atoms with Gasteiger partial charge in [-0.3, -0.25) is 0 Å². The Morgan fingerprint density at radius 3 is 1.32 bits per heavy atom. The van der Waals surface area contributed by atoms with Crippen molar-refractivity contribution < 1.29 is 19.1 Å². The van der Waals surface area contributed by atoms with Crippen LogP contribution in [-0.4, -0.2) is 23.1 Å². The third-order valence-electron chi connectivity index (χ3n) is 9.42. The molecule has 0 saturated heterocycles. The van der Waals surface area contributed by atoms with Crippen LogP contribution in [0.1, 0.15) is 85.9 Å². The summed E-state index contributed by atoms with van der Waals surface area (Å²) in [4.78, 5) is 25.6. The van der Waals surface area contributed by atoms with Crippen molar-refractivity contribution in [3.8, 4) is 11.1 Å². The smallest absolute Gasteiger partial charge is 0.338 e. The summed E-state index contributed by atoms with van der Waals surface area (Å²) in [7, 11) is 0. The summed E-state index contributed by atoms with van der Waals surface area (Å²) in [6, 6.07) is 15.1. The van der Waals surface area contributed by atoms with E-state index in [-0.39, 0.29) is 23.1 Å². The number of hydrogen-bond acceptors (Lipinski definition) is 4. The Balaban J connectivity index is 1.10. The summed E-state index contributed by atoms with van der Waals surface area (Å²) in [6.45, 7) is 4.21. The van der Waals surface area contributed by atoms with E-state index in [0.717, 1.165) is 35.8 Å². The third-order valence-corrected chi connectivity index (χ3v) is 9.42. The first kappa shape index (κ1) is 21.9. The van der Waals surface area contributed by atoms with Gasteiger partial charge in [0.25, 0.3) is 0 Å². The number of esters is 2. The summed E-state index contributed by atoms with van der Waals surface area (Å²) < 4.78 is 12.0. The number of hydrogen-bond donors (Lipinski definition) is 0. The molecule has 4 aliphatic carbocycles. The minimum absolute atomic E-state index is 0.228. The Morgan fingerprint density at radius 2 is 1.03 bits per heavy atom. The van der Waals surface area contributed by atoms with Crippen LogP contribution in [0.2, 0.25) is 0 Å². The van der Waals surface area contributed by atoms with Gasteiger partial charge in [0, 0.05) is 0 Å². The fourth-order valence-electron chi connectivity index (χ4n) is 7.50. The van der Waals surface area contributed by atoms with E-state index in [2.05, 4.69) is 13.8 Å². The van der Waals surface area contributed by atoms with Crippen molar-refractivity contribution in [3.63, 3.8) is 0 Å². The fraction of sp³-hybridized carbons (Fsp3) is 0.533. The summed E-state index contributed by atoms with van der Waals surface area (Å²) in [5, 5.41) is 0. The van der Waals surface area contributed by atoms with E-state index in [1.165, 1.54) is 38.5 Å². The highest BCUT2D eigenvalue weighted by Crippen LogP contribution is 2.53. The quantitative estimate of drug-likeness (QED) is 0.461. The molecule has 6 rings (SSSR count). The highest BCUT2D eigenvalue weighted by molar-refractivity contribution is 5.91. The number of carbonyl (C=O) groups excluding carboxylic acids is 2. The average molecular weight is 459 g/mol. The third kappa shape index (κ3) is 3.76. The topological polar surface area (TPSA) is 52.6 Å². The number of benzene rings is 2. The van der Waals surface area contributed by atoms with Crippen LogP contribution in [0.4, 0.5) is 0 Å². The van der Waals surface area contributed by atoms with Crippen LogP contribution in [0.25, 0.3) is 11.1 Å². The van der Waals surface area contributed by atoms with Gasteiger partial charge in [-0.05, 0) is 124 Å². The molecule has 0 radical (unpaired) electrons. The number of carbonyl (C=O) groups is 2. The van der Waals surface area contributed by atoms with Gasteiger partial charge in [0.05, 0.1) is 11.1 Å². The molecule has 0 spiro atoms. The predicted molar refractivity (Wildman–Crippen MR) is 130 cm³/mol. The molecule has 4 bridgehead atoms. The lowest BCUT2D eigenvalue weighted by molar-refractivity contribution is -0.0379. The Labute approximate surface area is 202 Å². The molecule has 4 nitrogen and oxygen atoms in total. The van der Waals surface area contributed by atoms with Crippen molar-refractivity contribution >= 4 is 11.9 Å². The zero-order valence-electron chi connectivity index (χ0n) is 20.2. The van der Waals surface area contributed by atoms with E-state index in [9.17, 15) is 9.59 Å². The second-order valence-corrected chi connectivity index (χ2v) is 11.7. The van der Waals surface area contributed by atoms with E-state index in [1.54, 1.807) is 0 Å². The van der Waals surface area contributed by atoms with E-state index in [4.69, 9.17) is 9.47 Å². The maximum atomic E-state index is 12.8. The molecule has 4 heteroatoms. The Hall–Kier alpha value is -2.62. The molecule has 34 heavy (non-hydrogen) atoms. The molecule has 0 aromatic heterocycles. The van der Waals surface area contributed by atoms with E-state index < -0.39 is 0 Å². The van der Waals surface area contributed by atoms with Crippen molar-refractivity contribution in [1.82, 2.24) is 0 Å². The Morgan fingerprint density at radius 1 is 0.647 bits per heavy atom. The van der Waals surface area contributed by atoms with Gasteiger partial charge in [0.1, 0.15) is 11.2 Å². The monoisotopic (exact) mass is 458 g/mol. The zero-order chi connectivity index (χ0) is 23.5. The van der Waals surface area contributed by atoms with Crippen LogP contribution in [0.3, 0.4) is 0 Å². The lowest BCUT2D eigenvalue weighted by Crippen LogP contribution is -2.37. The summed E-state index contributed by atoms with van der Waals surface area (Å²) >= 11 is 0. The highest BCUT2D eigenvalue weighted by Gasteiger charge is 2.51. The molecular formula is C30H34O4. The number of rotatable bonds is 5. The molecular weight excluding hydrogens is 424 g/mol. The number of fused-ring (bicyclic) bond motifs is 4. The van der Waals surface area contributed by atoms with Crippen molar-refractivity contribution in [2.45, 2.75) is 76.4 Å². The predicted octanol–water partition coefficient (Wildman–Crippen LogP) is 6.82. The first-order valence-corrected chi connectivity index (χ1v) is 13.0. The summed E-state index contributed by atoms with van der Waals surface area (Å²) in [6.07, 6.45) is 9.31. The van der Waals surface area contributed by atoms with Crippen LogP contribution in [-0.2, 0) is 9.47 Å². The Bertz CT molecular complexity index is 1010. The summed E-state index contributed by atoms with van der Waals surface area (Å²) in [5.41, 5.74) is 2.57. The molecule has 2 aromatic rings. The van der Waals surface area contributed by atoms with E-state index >= 15 is 0 Å². The van der Waals surface area contributed by atoms with Gasteiger partial charge in [0.2, 0.25) is 0 Å². The molecule has 0 heterocycles. The van der Waals surface area contributed by atoms with Crippen LogP contribution in [0.15, 0.2) is 48.5 Å². The molecule has 0 amide bonds. The Kier molecular flexibility index (Phi) is 5.13. The zero-order valence-corrected chi connectivity index (χ0v) is 20.2. The van der Waals surface area contributed by atoms with E-state index in [0.29, 0.717) is 23.0 Å². The minimum Gasteiger partial charge on any atom is -0.455 e. The van der Waals surface area contributed by atoms with Crippen molar-refractivity contribution in [2.24, 2.45) is 23.7 Å².